The maximum Gasteiger partial charge on any atom is 0.237 e. The zero-order valence-corrected chi connectivity index (χ0v) is 18.2. The van der Waals surface area contributed by atoms with Crippen molar-refractivity contribution in [1.82, 2.24) is 5.32 Å². The molecule has 32 heavy (non-hydrogen) atoms. The van der Waals surface area contributed by atoms with Gasteiger partial charge in [-0.3, -0.25) is 9.59 Å². The zero-order chi connectivity index (χ0) is 21.9. The Morgan fingerprint density at radius 1 is 1.00 bits per heavy atom. The molecule has 0 spiro atoms. The minimum absolute atomic E-state index is 0.0263. The second kappa shape index (κ2) is 8.93. The van der Waals surface area contributed by atoms with E-state index in [1.54, 1.807) is 4.90 Å². The van der Waals surface area contributed by atoms with Crippen LogP contribution in [0.2, 0.25) is 0 Å². The molecule has 0 radical (unpaired) electrons. The van der Waals surface area contributed by atoms with Crippen LogP contribution in [-0.4, -0.2) is 24.1 Å². The number of anilines is 1. The van der Waals surface area contributed by atoms with Crippen molar-refractivity contribution in [2.24, 2.45) is 0 Å². The largest absolute Gasteiger partial charge is 0.459 e. The summed E-state index contributed by atoms with van der Waals surface area (Å²) in [4.78, 5) is 28.3. The molecular weight excluding hydrogens is 420 g/mol. The Balaban J connectivity index is 1.35. The predicted molar refractivity (Wildman–Crippen MR) is 127 cm³/mol. The highest BCUT2D eigenvalue weighted by Crippen LogP contribution is 2.35. The summed E-state index contributed by atoms with van der Waals surface area (Å²) in [7, 11) is 0. The molecule has 1 aliphatic rings. The van der Waals surface area contributed by atoms with E-state index in [0.717, 1.165) is 27.1 Å². The lowest BCUT2D eigenvalue weighted by molar-refractivity contribution is -0.121. The maximum atomic E-state index is 13.0. The van der Waals surface area contributed by atoms with Crippen LogP contribution in [-0.2, 0) is 9.59 Å². The Kier molecular flexibility index (Phi) is 5.69. The van der Waals surface area contributed by atoms with Crippen LogP contribution in [0.1, 0.15) is 23.8 Å². The number of thioether (sulfide) groups is 1. The smallest absolute Gasteiger partial charge is 0.237 e. The van der Waals surface area contributed by atoms with Crippen molar-refractivity contribution in [1.29, 1.82) is 0 Å². The summed E-state index contributed by atoms with van der Waals surface area (Å²) >= 11 is 1.54. The number of nitrogens with zero attached hydrogens (tertiary/aromatic N) is 1. The van der Waals surface area contributed by atoms with E-state index in [-0.39, 0.29) is 18.2 Å². The number of hydrogen-bond acceptors (Lipinski definition) is 4. The van der Waals surface area contributed by atoms with Crippen molar-refractivity contribution in [3.8, 4) is 0 Å². The van der Waals surface area contributed by atoms with Gasteiger partial charge in [0.25, 0.3) is 0 Å². The molecule has 2 heterocycles. The minimum atomic E-state index is -0.406. The molecule has 1 aliphatic heterocycles. The lowest BCUT2D eigenvalue weighted by Gasteiger charge is -2.29. The van der Waals surface area contributed by atoms with Crippen LogP contribution in [0.25, 0.3) is 11.0 Å². The Hall–Kier alpha value is -3.51. The second-order valence-corrected chi connectivity index (χ2v) is 8.67. The molecule has 0 bridgehead atoms. The number of hydrogen-bond donors (Lipinski definition) is 1. The first-order valence-corrected chi connectivity index (χ1v) is 11.5. The van der Waals surface area contributed by atoms with E-state index in [1.807, 2.05) is 84.9 Å². The van der Waals surface area contributed by atoms with Gasteiger partial charge in [-0.1, -0.05) is 60.7 Å². The summed E-state index contributed by atoms with van der Waals surface area (Å²) in [6, 6.07) is 26.9. The Morgan fingerprint density at radius 3 is 2.59 bits per heavy atom. The van der Waals surface area contributed by atoms with Gasteiger partial charge in [0.1, 0.15) is 17.4 Å². The molecule has 1 atom stereocenters. The molecule has 6 heteroatoms. The van der Waals surface area contributed by atoms with Crippen molar-refractivity contribution in [3.63, 3.8) is 0 Å². The van der Waals surface area contributed by atoms with Gasteiger partial charge >= 0.3 is 0 Å². The summed E-state index contributed by atoms with van der Waals surface area (Å²) in [5.41, 5.74) is 2.60. The fourth-order valence-corrected chi connectivity index (χ4v) is 4.89. The normalized spacial score (nSPS) is 14.2. The molecule has 4 aromatic rings. The average Bonchev–Trinajstić information content (AvgIpc) is 3.26. The highest BCUT2D eigenvalue weighted by atomic mass is 32.2. The lowest BCUT2D eigenvalue weighted by atomic mass is 10.0. The zero-order valence-electron chi connectivity index (χ0n) is 17.4. The van der Waals surface area contributed by atoms with Crippen molar-refractivity contribution in [2.45, 2.75) is 17.4 Å². The molecule has 3 aromatic carbocycles. The third-order valence-electron chi connectivity index (χ3n) is 5.54. The molecule has 5 nitrogen and oxygen atoms in total. The van der Waals surface area contributed by atoms with Gasteiger partial charge in [0.15, 0.2) is 0 Å². The number of nitrogens with one attached hydrogen (secondary N) is 1. The number of furan rings is 1. The van der Waals surface area contributed by atoms with Crippen LogP contribution in [0.15, 0.2) is 94.2 Å². The van der Waals surface area contributed by atoms with Crippen LogP contribution in [0.4, 0.5) is 5.69 Å². The first-order chi connectivity index (χ1) is 15.7. The first-order valence-electron chi connectivity index (χ1n) is 10.5. The second-order valence-electron chi connectivity index (χ2n) is 7.65. The molecule has 0 saturated carbocycles. The quantitative estimate of drug-likeness (QED) is 0.448. The summed E-state index contributed by atoms with van der Waals surface area (Å²) in [5.74, 6) is 0.965. The number of carbonyl (C=O) groups is 2. The van der Waals surface area contributed by atoms with Gasteiger partial charge in [-0.05, 0) is 29.8 Å². The Morgan fingerprint density at radius 2 is 1.75 bits per heavy atom. The van der Waals surface area contributed by atoms with Gasteiger partial charge in [0, 0.05) is 23.2 Å². The van der Waals surface area contributed by atoms with Crippen LogP contribution < -0.4 is 10.2 Å². The van der Waals surface area contributed by atoms with E-state index in [9.17, 15) is 9.59 Å². The minimum Gasteiger partial charge on any atom is -0.459 e. The molecule has 1 N–H and O–H groups in total. The topological polar surface area (TPSA) is 62.6 Å². The maximum absolute atomic E-state index is 13.0. The highest BCUT2D eigenvalue weighted by molar-refractivity contribution is 8.00. The van der Waals surface area contributed by atoms with Gasteiger partial charge in [-0.2, -0.15) is 0 Å². The predicted octanol–water partition coefficient (Wildman–Crippen LogP) is 5.17. The molecular formula is C26H22N2O3S. The molecule has 0 aliphatic carbocycles. The Labute approximate surface area is 190 Å². The van der Waals surface area contributed by atoms with Gasteiger partial charge in [0.05, 0.1) is 11.4 Å². The number of para-hydroxylation sites is 2. The highest BCUT2D eigenvalue weighted by Gasteiger charge is 2.26. The molecule has 1 unspecified atom stereocenters. The molecule has 160 valence electrons. The van der Waals surface area contributed by atoms with Gasteiger partial charge in [-0.15, -0.1) is 11.8 Å². The van der Waals surface area contributed by atoms with E-state index in [4.69, 9.17) is 4.42 Å². The third-order valence-corrected chi connectivity index (χ3v) is 6.59. The lowest BCUT2D eigenvalue weighted by Crippen LogP contribution is -2.39. The van der Waals surface area contributed by atoms with E-state index in [1.165, 1.54) is 11.8 Å². The summed E-state index contributed by atoms with van der Waals surface area (Å²) in [6.07, 6.45) is 0.203. The van der Waals surface area contributed by atoms with Crippen molar-refractivity contribution in [3.05, 3.63) is 96.3 Å². The van der Waals surface area contributed by atoms with E-state index in [0.29, 0.717) is 18.1 Å². The number of benzene rings is 3. The first kappa shape index (κ1) is 20.4. The van der Waals surface area contributed by atoms with Crippen molar-refractivity contribution < 1.29 is 14.0 Å². The summed E-state index contributed by atoms with van der Waals surface area (Å²) < 4.78 is 6.06. The summed E-state index contributed by atoms with van der Waals surface area (Å²) in [6.45, 7) is 0.337. The fourth-order valence-electron chi connectivity index (χ4n) is 3.95. The fraction of sp³-hybridized carbons (Fsp3) is 0.154. The molecule has 0 saturated heterocycles. The molecule has 1 aromatic heterocycles. The molecule has 5 rings (SSSR count). The molecule has 2 amide bonds. The number of fused-ring (bicyclic) bond motifs is 2. The van der Waals surface area contributed by atoms with Crippen molar-refractivity contribution >= 4 is 40.2 Å². The van der Waals surface area contributed by atoms with E-state index in [2.05, 4.69) is 5.32 Å². The summed E-state index contributed by atoms with van der Waals surface area (Å²) in [5, 5.41) is 4.10. The Bertz CT molecular complexity index is 1240. The van der Waals surface area contributed by atoms with Crippen LogP contribution in [0, 0.1) is 0 Å². The third kappa shape index (κ3) is 4.14. The van der Waals surface area contributed by atoms with Gasteiger partial charge in [-0.25, -0.2) is 0 Å². The van der Waals surface area contributed by atoms with Gasteiger partial charge in [0.2, 0.25) is 11.8 Å². The van der Waals surface area contributed by atoms with Crippen LogP contribution >= 0.6 is 11.8 Å². The monoisotopic (exact) mass is 442 g/mol. The van der Waals surface area contributed by atoms with E-state index < -0.39 is 6.04 Å². The standard InChI is InChI=1S/C26H22N2O3S/c29-24(14-15-28-20-11-5-7-13-23(20)32-17-25(28)30)27-26(18-8-2-1-3-9-18)22-16-19-10-4-6-12-21(19)31-22/h1-13,16,26H,14-15,17H2,(H,27,29). The number of rotatable bonds is 6. The number of amides is 2. The van der Waals surface area contributed by atoms with Crippen LogP contribution in [0.3, 0.4) is 0 Å². The van der Waals surface area contributed by atoms with Crippen molar-refractivity contribution in [2.75, 3.05) is 17.2 Å². The number of carbonyl (C=O) groups excluding carboxylic acids is 2. The molecule has 0 fully saturated rings. The average molecular weight is 443 g/mol. The van der Waals surface area contributed by atoms with Gasteiger partial charge < -0.3 is 14.6 Å². The SMILES string of the molecule is O=C(CCN1C(=O)CSc2ccccc21)NC(c1ccccc1)c1cc2ccccc2o1. The van der Waals surface area contributed by atoms with E-state index >= 15 is 0 Å². The van der Waals surface area contributed by atoms with Crippen LogP contribution in [0.5, 0.6) is 0 Å².